The van der Waals surface area contributed by atoms with Crippen LogP contribution in [0.2, 0.25) is 0 Å². The van der Waals surface area contributed by atoms with Crippen LogP contribution in [0.5, 0.6) is 0 Å². The van der Waals surface area contributed by atoms with Gasteiger partial charge < -0.3 is 15.1 Å². The summed E-state index contributed by atoms with van der Waals surface area (Å²) in [5.41, 5.74) is 0. The van der Waals surface area contributed by atoms with Crippen LogP contribution in [-0.4, -0.2) is 62.2 Å². The molecule has 1 N–H and O–H groups in total. The van der Waals surface area contributed by atoms with Gasteiger partial charge in [0.2, 0.25) is 0 Å². The zero-order chi connectivity index (χ0) is 11.8. The molecule has 3 nitrogen and oxygen atoms in total. The molecule has 1 aliphatic heterocycles. The third-order valence-corrected chi connectivity index (χ3v) is 3.32. The Kier molecular flexibility index (Phi) is 7.01. The van der Waals surface area contributed by atoms with Crippen molar-refractivity contribution in [3.05, 3.63) is 0 Å². The summed E-state index contributed by atoms with van der Waals surface area (Å²) in [6.45, 7) is 16.6. The first-order valence-electron chi connectivity index (χ1n) is 6.91. The average molecular weight is 227 g/mol. The van der Waals surface area contributed by atoms with Crippen LogP contribution in [0.15, 0.2) is 0 Å². The highest BCUT2D eigenvalue weighted by Gasteiger charge is 2.17. The Morgan fingerprint density at radius 1 is 1.06 bits per heavy atom. The highest BCUT2D eigenvalue weighted by molar-refractivity contribution is 4.73. The fourth-order valence-corrected chi connectivity index (χ4v) is 2.41. The number of nitrogens with one attached hydrogen (secondary N) is 1. The van der Waals surface area contributed by atoms with E-state index >= 15 is 0 Å². The highest BCUT2D eigenvalue weighted by atomic mass is 15.3. The summed E-state index contributed by atoms with van der Waals surface area (Å²) in [6, 6.07) is 0. The molecule has 0 saturated carbocycles. The van der Waals surface area contributed by atoms with Crippen LogP contribution in [0, 0.1) is 5.92 Å². The summed E-state index contributed by atoms with van der Waals surface area (Å²) >= 11 is 0. The molecule has 0 amide bonds. The maximum Gasteiger partial charge on any atom is 0.0110 e. The number of piperazine rings is 1. The maximum absolute atomic E-state index is 3.43. The van der Waals surface area contributed by atoms with E-state index < -0.39 is 0 Å². The second-order valence-electron chi connectivity index (χ2n) is 5.06. The second-order valence-corrected chi connectivity index (χ2v) is 5.06. The normalized spacial score (nSPS) is 21.2. The molecule has 1 fully saturated rings. The van der Waals surface area contributed by atoms with Gasteiger partial charge in [-0.15, -0.1) is 0 Å². The third kappa shape index (κ3) is 5.28. The molecule has 0 aromatic carbocycles. The third-order valence-electron chi connectivity index (χ3n) is 3.32. The predicted octanol–water partition coefficient (Wildman–Crippen LogP) is 1.26. The van der Waals surface area contributed by atoms with Gasteiger partial charge in [-0.05, 0) is 32.0 Å². The Hall–Kier alpha value is -0.120. The largest absolute Gasteiger partial charge is 0.317 e. The van der Waals surface area contributed by atoms with Gasteiger partial charge in [0, 0.05) is 32.7 Å². The molecule has 1 aliphatic rings. The molecule has 1 atom stereocenters. The first-order valence-corrected chi connectivity index (χ1v) is 6.91. The molecule has 3 heteroatoms. The predicted molar refractivity (Wildman–Crippen MR) is 70.9 cm³/mol. The van der Waals surface area contributed by atoms with E-state index in [0.29, 0.717) is 0 Å². The summed E-state index contributed by atoms with van der Waals surface area (Å²) in [7, 11) is 0. The van der Waals surface area contributed by atoms with Gasteiger partial charge in [0.05, 0.1) is 0 Å². The van der Waals surface area contributed by atoms with Crippen LogP contribution < -0.4 is 5.32 Å². The van der Waals surface area contributed by atoms with Gasteiger partial charge in [-0.25, -0.2) is 0 Å². The minimum Gasteiger partial charge on any atom is -0.317 e. The smallest absolute Gasteiger partial charge is 0.0110 e. The molecule has 1 saturated heterocycles. The van der Waals surface area contributed by atoms with Crippen molar-refractivity contribution in [2.24, 2.45) is 5.92 Å². The van der Waals surface area contributed by atoms with E-state index in [1.807, 2.05) is 0 Å². The Bertz CT molecular complexity index is 165. The summed E-state index contributed by atoms with van der Waals surface area (Å²) in [5, 5.41) is 3.43. The van der Waals surface area contributed by atoms with E-state index in [0.717, 1.165) is 19.0 Å². The van der Waals surface area contributed by atoms with Gasteiger partial charge in [-0.2, -0.15) is 0 Å². The number of nitrogens with zero attached hydrogens (tertiary/aromatic N) is 2. The van der Waals surface area contributed by atoms with Gasteiger partial charge >= 0.3 is 0 Å². The lowest BCUT2D eigenvalue weighted by Crippen LogP contribution is -2.48. The molecule has 96 valence electrons. The molecule has 1 unspecified atom stereocenters. The Balaban J connectivity index is 2.11. The van der Waals surface area contributed by atoms with Gasteiger partial charge in [0.15, 0.2) is 0 Å². The van der Waals surface area contributed by atoms with Crippen molar-refractivity contribution < 1.29 is 0 Å². The maximum atomic E-state index is 3.43. The van der Waals surface area contributed by atoms with Crippen LogP contribution in [0.4, 0.5) is 0 Å². The summed E-state index contributed by atoms with van der Waals surface area (Å²) < 4.78 is 0. The number of rotatable bonds is 7. The fourth-order valence-electron chi connectivity index (χ4n) is 2.41. The van der Waals surface area contributed by atoms with Crippen LogP contribution >= 0.6 is 0 Å². The van der Waals surface area contributed by atoms with E-state index in [1.54, 1.807) is 0 Å². The quantitative estimate of drug-likeness (QED) is 0.706. The first kappa shape index (κ1) is 13.9. The fraction of sp³-hybridized carbons (Fsp3) is 1.00. The number of hydrogen-bond acceptors (Lipinski definition) is 3. The van der Waals surface area contributed by atoms with Crippen LogP contribution in [0.1, 0.15) is 27.2 Å². The summed E-state index contributed by atoms with van der Waals surface area (Å²) in [6.07, 6.45) is 1.29. The van der Waals surface area contributed by atoms with Gasteiger partial charge in [-0.3, -0.25) is 0 Å². The molecule has 1 rings (SSSR count). The minimum atomic E-state index is 0.776. The Labute approximate surface area is 101 Å². The molecule has 0 aromatic rings. The first-order chi connectivity index (χ1) is 7.76. The van der Waals surface area contributed by atoms with Crippen molar-refractivity contribution in [1.82, 2.24) is 15.1 Å². The van der Waals surface area contributed by atoms with Crippen molar-refractivity contribution in [2.75, 3.05) is 52.4 Å². The van der Waals surface area contributed by atoms with E-state index in [4.69, 9.17) is 0 Å². The van der Waals surface area contributed by atoms with E-state index in [-0.39, 0.29) is 0 Å². The molecule has 16 heavy (non-hydrogen) atoms. The molecule has 0 radical (unpaired) electrons. The second kappa shape index (κ2) is 8.04. The van der Waals surface area contributed by atoms with Crippen molar-refractivity contribution in [2.45, 2.75) is 27.2 Å². The zero-order valence-electron chi connectivity index (χ0n) is 11.3. The summed E-state index contributed by atoms with van der Waals surface area (Å²) in [5.74, 6) is 0.776. The Morgan fingerprint density at radius 3 is 2.25 bits per heavy atom. The molecule has 0 aliphatic carbocycles. The molecule has 1 heterocycles. The molecular formula is C13H29N3. The topological polar surface area (TPSA) is 18.5 Å². The van der Waals surface area contributed by atoms with Gasteiger partial charge in [0.25, 0.3) is 0 Å². The van der Waals surface area contributed by atoms with Gasteiger partial charge in [0.1, 0.15) is 0 Å². The minimum absolute atomic E-state index is 0.776. The van der Waals surface area contributed by atoms with Crippen LogP contribution in [-0.2, 0) is 0 Å². The lowest BCUT2D eigenvalue weighted by molar-refractivity contribution is 0.120. The van der Waals surface area contributed by atoms with Crippen molar-refractivity contribution in [1.29, 1.82) is 0 Å². The average Bonchev–Trinajstić information content (AvgIpc) is 2.29. The highest BCUT2D eigenvalue weighted by Crippen LogP contribution is 2.05. The molecule has 0 spiro atoms. The lowest BCUT2D eigenvalue weighted by atomic mass is 10.1. The standard InChI is InChI=1S/C13H29N3/c1-4-6-15-7-9-16(10-8-15)12-13(3)11-14-5-2/h13-14H,4-12H2,1-3H3. The molecule has 0 aromatic heterocycles. The monoisotopic (exact) mass is 227 g/mol. The van der Waals surface area contributed by atoms with Crippen LogP contribution in [0.3, 0.4) is 0 Å². The van der Waals surface area contributed by atoms with E-state index in [1.165, 1.54) is 45.7 Å². The zero-order valence-corrected chi connectivity index (χ0v) is 11.3. The van der Waals surface area contributed by atoms with Crippen molar-refractivity contribution in [3.8, 4) is 0 Å². The van der Waals surface area contributed by atoms with Gasteiger partial charge in [-0.1, -0.05) is 20.8 Å². The van der Waals surface area contributed by atoms with Crippen molar-refractivity contribution in [3.63, 3.8) is 0 Å². The summed E-state index contributed by atoms with van der Waals surface area (Å²) in [4.78, 5) is 5.21. The van der Waals surface area contributed by atoms with E-state index in [2.05, 4.69) is 35.9 Å². The lowest BCUT2D eigenvalue weighted by Gasteiger charge is -2.35. The van der Waals surface area contributed by atoms with Crippen LogP contribution in [0.25, 0.3) is 0 Å². The molecular weight excluding hydrogens is 198 g/mol. The Morgan fingerprint density at radius 2 is 1.69 bits per heavy atom. The van der Waals surface area contributed by atoms with E-state index in [9.17, 15) is 0 Å². The van der Waals surface area contributed by atoms with Crippen molar-refractivity contribution >= 4 is 0 Å². The molecule has 0 bridgehead atoms. The number of hydrogen-bond donors (Lipinski definition) is 1. The SMILES string of the molecule is CCCN1CCN(CC(C)CNCC)CC1.